The van der Waals surface area contributed by atoms with E-state index in [-0.39, 0.29) is 45.5 Å². The third kappa shape index (κ3) is 8.25. The molecule has 2 unspecified atom stereocenters. The third-order valence-corrected chi connectivity index (χ3v) is 8.01. The van der Waals surface area contributed by atoms with Gasteiger partial charge in [0.05, 0.1) is 22.3 Å². The Labute approximate surface area is 254 Å². The molecule has 0 radical (unpaired) electrons. The normalized spacial score (nSPS) is 16.6. The largest absolute Gasteiger partial charge is 0.368 e. The zero-order chi connectivity index (χ0) is 30.2. The van der Waals surface area contributed by atoms with Gasteiger partial charge in [-0.15, -0.1) is 0 Å². The summed E-state index contributed by atoms with van der Waals surface area (Å²) in [5.41, 5.74) is 13.4. The monoisotopic (exact) mass is 614 g/mol. The highest BCUT2D eigenvalue weighted by atomic mass is 35.5. The molecule has 9 nitrogen and oxygen atoms in total. The first-order valence-corrected chi connectivity index (χ1v) is 14.4. The Morgan fingerprint density at radius 2 is 1.74 bits per heavy atom. The number of pyridine rings is 1. The number of aromatic nitrogens is 1. The van der Waals surface area contributed by atoms with Gasteiger partial charge in [0, 0.05) is 43.5 Å². The van der Waals surface area contributed by atoms with Crippen LogP contribution in [0.3, 0.4) is 0 Å². The second-order valence-corrected chi connectivity index (χ2v) is 11.1. The minimum Gasteiger partial charge on any atom is -0.368 e. The fourth-order valence-electron chi connectivity index (χ4n) is 5.24. The molecule has 1 aliphatic heterocycles. The number of piperazine rings is 1. The van der Waals surface area contributed by atoms with Crippen molar-refractivity contribution in [2.24, 2.45) is 11.5 Å². The van der Waals surface area contributed by atoms with Crippen LogP contribution in [0.4, 0.5) is 10.1 Å². The van der Waals surface area contributed by atoms with Crippen LogP contribution in [0.5, 0.6) is 0 Å². The second kappa shape index (κ2) is 14.6. The molecule has 2 heterocycles. The lowest BCUT2D eigenvalue weighted by Gasteiger charge is -2.39. The number of primary amides is 2. The third-order valence-electron chi connectivity index (χ3n) is 7.41. The van der Waals surface area contributed by atoms with Crippen LogP contribution in [0.15, 0.2) is 60.9 Å². The number of hydrogen-bond acceptors (Lipinski definition) is 6. The van der Waals surface area contributed by atoms with Crippen molar-refractivity contribution in [2.75, 3.05) is 38.0 Å². The molecule has 3 amide bonds. The van der Waals surface area contributed by atoms with E-state index in [1.165, 1.54) is 24.3 Å². The van der Waals surface area contributed by atoms with Gasteiger partial charge in [0.25, 0.3) is 0 Å². The molecule has 5 N–H and O–H groups in total. The fraction of sp³-hybridized carbons (Fsp3) is 0.333. The van der Waals surface area contributed by atoms with Crippen molar-refractivity contribution < 1.29 is 18.8 Å². The van der Waals surface area contributed by atoms with Crippen molar-refractivity contribution in [2.45, 2.75) is 31.2 Å². The number of nitrogens with one attached hydrogen (secondary N) is 1. The van der Waals surface area contributed by atoms with Crippen molar-refractivity contribution >= 4 is 46.6 Å². The molecule has 0 aliphatic carbocycles. The number of hydrogen-bond donors (Lipinski definition) is 3. The van der Waals surface area contributed by atoms with Crippen LogP contribution in [0.2, 0.25) is 10.0 Å². The standard InChI is InChI=1S/C30H33Cl2FN6O3/c31-24-14-21(29(34)41)15-25(32)28(24)37-27(40)18-38-12-13-39(26(17-38)30(35)42)11-2-1-5-23(20-4-3-10-36-16-20)19-6-8-22(33)9-7-19/h3-4,6-10,14-16,23,26H,1-2,5,11-13,17-18H2,(H2,34,41)(H2,35,42)(H,37,40). The quantitative estimate of drug-likeness (QED) is 0.264. The Kier molecular flexibility index (Phi) is 10.9. The van der Waals surface area contributed by atoms with Gasteiger partial charge in [0.15, 0.2) is 0 Å². The number of rotatable bonds is 12. The lowest BCUT2D eigenvalue weighted by Crippen LogP contribution is -2.59. The maximum atomic E-state index is 13.5. The molecular formula is C30H33Cl2FN6O3. The first kappa shape index (κ1) is 31.4. The number of benzene rings is 2. The summed E-state index contributed by atoms with van der Waals surface area (Å²) in [6.07, 6.45) is 6.11. The first-order chi connectivity index (χ1) is 20.1. The fourth-order valence-corrected chi connectivity index (χ4v) is 5.82. The molecule has 1 saturated heterocycles. The predicted molar refractivity (Wildman–Crippen MR) is 161 cm³/mol. The molecule has 0 spiro atoms. The van der Waals surface area contributed by atoms with Gasteiger partial charge in [-0.25, -0.2) is 4.39 Å². The van der Waals surface area contributed by atoms with Gasteiger partial charge in [-0.3, -0.25) is 29.2 Å². The molecule has 1 fully saturated rings. The molecule has 222 valence electrons. The molecule has 12 heteroatoms. The average Bonchev–Trinajstić information content (AvgIpc) is 2.96. The van der Waals surface area contributed by atoms with Crippen LogP contribution in [-0.4, -0.2) is 71.3 Å². The van der Waals surface area contributed by atoms with E-state index in [2.05, 4.69) is 15.2 Å². The Morgan fingerprint density at radius 1 is 1.02 bits per heavy atom. The summed E-state index contributed by atoms with van der Waals surface area (Å²) in [7, 11) is 0. The van der Waals surface area contributed by atoms with Crippen LogP contribution in [0.25, 0.3) is 0 Å². The Morgan fingerprint density at radius 3 is 2.36 bits per heavy atom. The number of nitrogens with zero attached hydrogens (tertiary/aromatic N) is 3. The Hall–Kier alpha value is -3.57. The van der Waals surface area contributed by atoms with Gasteiger partial charge in [-0.1, -0.05) is 47.8 Å². The molecule has 3 aromatic rings. The summed E-state index contributed by atoms with van der Waals surface area (Å²) in [5.74, 6) is -1.70. The van der Waals surface area contributed by atoms with Gasteiger partial charge in [0.2, 0.25) is 17.7 Å². The van der Waals surface area contributed by atoms with Crippen LogP contribution < -0.4 is 16.8 Å². The molecule has 42 heavy (non-hydrogen) atoms. The van der Waals surface area contributed by atoms with E-state index in [0.29, 0.717) is 26.2 Å². The van der Waals surface area contributed by atoms with Crippen LogP contribution in [-0.2, 0) is 9.59 Å². The molecule has 2 aromatic carbocycles. The zero-order valence-electron chi connectivity index (χ0n) is 22.9. The smallest absolute Gasteiger partial charge is 0.248 e. The second-order valence-electron chi connectivity index (χ2n) is 10.3. The number of amides is 3. The summed E-state index contributed by atoms with van der Waals surface area (Å²) in [4.78, 5) is 44.7. The zero-order valence-corrected chi connectivity index (χ0v) is 24.5. The number of halogens is 3. The molecule has 0 saturated carbocycles. The van der Waals surface area contributed by atoms with Gasteiger partial charge >= 0.3 is 0 Å². The summed E-state index contributed by atoms with van der Waals surface area (Å²) < 4.78 is 13.5. The van der Waals surface area contributed by atoms with Crippen LogP contribution >= 0.6 is 23.2 Å². The minimum absolute atomic E-state index is 0.00626. The average molecular weight is 616 g/mol. The number of carbonyl (C=O) groups is 3. The lowest BCUT2D eigenvalue weighted by molar-refractivity contribution is -0.127. The number of unbranched alkanes of at least 4 members (excludes halogenated alkanes) is 1. The van der Waals surface area contributed by atoms with E-state index in [0.717, 1.165) is 30.4 Å². The van der Waals surface area contributed by atoms with Crippen molar-refractivity contribution in [3.05, 3.63) is 93.5 Å². The summed E-state index contributed by atoms with van der Waals surface area (Å²) in [6.45, 7) is 2.12. The SMILES string of the molecule is NC(=O)c1cc(Cl)c(NC(=O)CN2CCN(CCCCC(c3ccc(F)cc3)c3cccnc3)C(C(N)=O)C2)c(Cl)c1. The molecule has 1 aliphatic rings. The van der Waals surface area contributed by atoms with E-state index in [4.69, 9.17) is 34.7 Å². The predicted octanol–water partition coefficient (Wildman–Crippen LogP) is 4.04. The highest BCUT2D eigenvalue weighted by molar-refractivity contribution is 6.40. The van der Waals surface area contributed by atoms with E-state index in [1.54, 1.807) is 6.20 Å². The Balaban J connectivity index is 1.30. The molecule has 1 aromatic heterocycles. The van der Waals surface area contributed by atoms with Gasteiger partial charge in [-0.2, -0.15) is 0 Å². The van der Waals surface area contributed by atoms with Gasteiger partial charge < -0.3 is 16.8 Å². The van der Waals surface area contributed by atoms with Gasteiger partial charge in [0.1, 0.15) is 11.9 Å². The van der Waals surface area contributed by atoms with Crippen LogP contribution in [0, 0.1) is 5.82 Å². The molecule has 4 rings (SSSR count). The summed E-state index contributed by atoms with van der Waals surface area (Å²) in [6, 6.07) is 12.6. The van der Waals surface area contributed by atoms with Gasteiger partial charge in [-0.05, 0) is 60.8 Å². The van der Waals surface area contributed by atoms with Crippen molar-refractivity contribution in [3.63, 3.8) is 0 Å². The van der Waals surface area contributed by atoms with E-state index >= 15 is 0 Å². The van der Waals surface area contributed by atoms with Crippen LogP contribution in [0.1, 0.15) is 46.7 Å². The van der Waals surface area contributed by atoms with E-state index in [1.807, 2.05) is 35.4 Å². The maximum Gasteiger partial charge on any atom is 0.248 e. The summed E-state index contributed by atoms with van der Waals surface area (Å²) in [5, 5.41) is 2.86. The minimum atomic E-state index is -0.687. The molecular weight excluding hydrogens is 582 g/mol. The van der Waals surface area contributed by atoms with Crippen molar-refractivity contribution in [1.82, 2.24) is 14.8 Å². The number of nitrogens with two attached hydrogens (primary N) is 2. The summed E-state index contributed by atoms with van der Waals surface area (Å²) >= 11 is 12.4. The highest BCUT2D eigenvalue weighted by Crippen LogP contribution is 2.32. The maximum absolute atomic E-state index is 13.5. The van der Waals surface area contributed by atoms with Crippen molar-refractivity contribution in [3.8, 4) is 0 Å². The molecule has 0 bridgehead atoms. The lowest BCUT2D eigenvalue weighted by atomic mass is 9.88. The molecule has 2 atom stereocenters. The number of anilines is 1. The van der Waals surface area contributed by atoms with E-state index < -0.39 is 17.9 Å². The van der Waals surface area contributed by atoms with E-state index in [9.17, 15) is 18.8 Å². The topological polar surface area (TPSA) is 135 Å². The first-order valence-electron chi connectivity index (χ1n) is 13.6. The Bertz CT molecular complexity index is 1390. The highest BCUT2D eigenvalue weighted by Gasteiger charge is 2.31. The number of carbonyl (C=O) groups excluding carboxylic acids is 3. The van der Waals surface area contributed by atoms with Crippen molar-refractivity contribution in [1.29, 1.82) is 0 Å².